The fourth-order valence-corrected chi connectivity index (χ4v) is 2.95. The first-order valence-corrected chi connectivity index (χ1v) is 7.96. The Labute approximate surface area is 141 Å². The van der Waals surface area contributed by atoms with Gasteiger partial charge < -0.3 is 10.6 Å². The third kappa shape index (κ3) is 3.05. The predicted octanol–water partition coefficient (Wildman–Crippen LogP) is 3.06. The molecule has 0 unspecified atom stereocenters. The van der Waals surface area contributed by atoms with E-state index in [2.05, 4.69) is 20.6 Å². The third-order valence-electron chi connectivity index (χ3n) is 4.27. The summed E-state index contributed by atoms with van der Waals surface area (Å²) >= 11 is 0. The van der Waals surface area contributed by atoms with E-state index in [0.29, 0.717) is 35.9 Å². The minimum Gasteiger partial charge on any atom is -0.363 e. The molecule has 2 atom stereocenters. The molecule has 0 aromatic carbocycles. The van der Waals surface area contributed by atoms with Gasteiger partial charge in [-0.1, -0.05) is 6.07 Å². The van der Waals surface area contributed by atoms with Crippen LogP contribution in [0.25, 0.3) is 17.0 Å². The first-order chi connectivity index (χ1) is 12.1. The van der Waals surface area contributed by atoms with Crippen LogP contribution >= 0.6 is 0 Å². The van der Waals surface area contributed by atoms with Crippen molar-refractivity contribution < 1.29 is 13.2 Å². The van der Waals surface area contributed by atoms with E-state index in [1.165, 1.54) is 12.3 Å². The van der Waals surface area contributed by atoms with E-state index in [4.69, 9.17) is 0 Å². The van der Waals surface area contributed by atoms with Crippen LogP contribution in [-0.2, 0) is 0 Å². The van der Waals surface area contributed by atoms with Gasteiger partial charge in [0.15, 0.2) is 0 Å². The molecule has 130 valence electrons. The lowest BCUT2D eigenvalue weighted by Gasteiger charge is -2.15. The average molecular weight is 347 g/mol. The molecule has 2 N–H and O–H groups in total. The SMILES string of the molecule is FC(F)c1ccc2ncc(-c3cccc(N[C@H]4CNC[C@@H]4F)n3)n2c1. The number of aromatic nitrogens is 3. The lowest BCUT2D eigenvalue weighted by molar-refractivity contribution is 0.151. The molecular formula is C17H16F3N5. The van der Waals surface area contributed by atoms with Crippen molar-refractivity contribution in [1.82, 2.24) is 19.7 Å². The molecule has 3 aromatic rings. The quantitative estimate of drug-likeness (QED) is 0.762. The Kier molecular flexibility index (Phi) is 4.04. The molecule has 25 heavy (non-hydrogen) atoms. The minimum atomic E-state index is -2.56. The maximum Gasteiger partial charge on any atom is 0.265 e. The van der Waals surface area contributed by atoms with E-state index in [1.807, 2.05) is 0 Å². The summed E-state index contributed by atoms with van der Waals surface area (Å²) in [7, 11) is 0. The number of nitrogens with zero attached hydrogens (tertiary/aromatic N) is 3. The zero-order valence-corrected chi connectivity index (χ0v) is 13.2. The molecule has 0 bridgehead atoms. The molecule has 4 heterocycles. The number of halogens is 3. The second-order valence-corrected chi connectivity index (χ2v) is 5.97. The number of anilines is 1. The van der Waals surface area contributed by atoms with Gasteiger partial charge in [-0.2, -0.15) is 0 Å². The van der Waals surface area contributed by atoms with Crippen molar-refractivity contribution >= 4 is 11.5 Å². The van der Waals surface area contributed by atoms with Gasteiger partial charge in [0.25, 0.3) is 6.43 Å². The molecule has 1 aliphatic rings. The summed E-state index contributed by atoms with van der Waals surface area (Å²) in [4.78, 5) is 8.71. The van der Waals surface area contributed by atoms with Gasteiger partial charge >= 0.3 is 0 Å². The van der Waals surface area contributed by atoms with Crippen molar-refractivity contribution in [2.45, 2.75) is 18.6 Å². The molecule has 1 saturated heterocycles. The number of fused-ring (bicyclic) bond motifs is 1. The highest BCUT2D eigenvalue weighted by Gasteiger charge is 2.26. The second-order valence-electron chi connectivity index (χ2n) is 5.97. The summed E-state index contributed by atoms with van der Waals surface area (Å²) in [6, 6.07) is 7.87. The number of hydrogen-bond acceptors (Lipinski definition) is 4. The Bertz CT molecular complexity index is 895. The summed E-state index contributed by atoms with van der Waals surface area (Å²) in [5.74, 6) is 0.536. The van der Waals surface area contributed by atoms with E-state index in [0.717, 1.165) is 0 Å². The molecule has 0 saturated carbocycles. The standard InChI is InChI=1S/C17H16F3N5/c18-11-6-21-7-13(11)24-15-3-1-2-12(23-15)14-8-22-16-5-4-10(17(19)20)9-25(14)16/h1-5,8-9,11,13,17,21H,6-7H2,(H,23,24)/t11-,13-/m0/s1. The highest BCUT2D eigenvalue weighted by atomic mass is 19.3. The molecule has 0 amide bonds. The maximum absolute atomic E-state index is 13.7. The lowest BCUT2D eigenvalue weighted by atomic mass is 10.2. The zero-order chi connectivity index (χ0) is 17.4. The van der Waals surface area contributed by atoms with Crippen LogP contribution in [-0.4, -0.2) is 39.7 Å². The summed E-state index contributed by atoms with van der Waals surface area (Å²) in [5, 5.41) is 6.05. The molecule has 1 aliphatic heterocycles. The largest absolute Gasteiger partial charge is 0.363 e. The average Bonchev–Trinajstić information content (AvgIpc) is 3.21. The van der Waals surface area contributed by atoms with Gasteiger partial charge in [-0.25, -0.2) is 23.1 Å². The van der Waals surface area contributed by atoms with Gasteiger partial charge in [0, 0.05) is 24.8 Å². The summed E-state index contributed by atoms with van der Waals surface area (Å²) in [6.07, 6.45) is -0.583. The van der Waals surface area contributed by atoms with E-state index in [9.17, 15) is 13.2 Å². The van der Waals surface area contributed by atoms with Crippen LogP contribution in [0.15, 0.2) is 42.7 Å². The van der Waals surface area contributed by atoms with Crippen molar-refractivity contribution in [3.8, 4) is 11.4 Å². The highest BCUT2D eigenvalue weighted by molar-refractivity contribution is 5.62. The Balaban J connectivity index is 1.68. The minimum absolute atomic E-state index is 0.0849. The molecule has 1 fully saturated rings. The van der Waals surface area contributed by atoms with Crippen LogP contribution in [0.1, 0.15) is 12.0 Å². The van der Waals surface area contributed by atoms with Crippen LogP contribution in [0.2, 0.25) is 0 Å². The monoisotopic (exact) mass is 347 g/mol. The van der Waals surface area contributed by atoms with Gasteiger partial charge in [-0.3, -0.25) is 4.40 Å². The molecule has 0 radical (unpaired) electrons. The topological polar surface area (TPSA) is 54.2 Å². The second kappa shape index (κ2) is 6.36. The summed E-state index contributed by atoms with van der Waals surface area (Å²) < 4.78 is 41.2. The number of pyridine rings is 2. The van der Waals surface area contributed by atoms with Gasteiger partial charge in [-0.15, -0.1) is 0 Å². The molecule has 8 heteroatoms. The molecule has 0 spiro atoms. The molecule has 5 nitrogen and oxygen atoms in total. The first kappa shape index (κ1) is 15.9. The molecule has 0 aliphatic carbocycles. The number of hydrogen-bond donors (Lipinski definition) is 2. The fourth-order valence-electron chi connectivity index (χ4n) is 2.95. The normalized spacial score (nSPS) is 20.5. The molecular weight excluding hydrogens is 331 g/mol. The third-order valence-corrected chi connectivity index (χ3v) is 4.27. The Morgan fingerprint density at radius 3 is 2.84 bits per heavy atom. The summed E-state index contributed by atoms with van der Waals surface area (Å²) in [6.45, 7) is 0.849. The zero-order valence-electron chi connectivity index (χ0n) is 13.2. The molecule has 3 aromatic heterocycles. The van der Waals surface area contributed by atoms with Crippen molar-refractivity contribution in [2.75, 3.05) is 18.4 Å². The van der Waals surface area contributed by atoms with Crippen LogP contribution < -0.4 is 10.6 Å². The number of imidazole rings is 1. The van der Waals surface area contributed by atoms with Crippen molar-refractivity contribution in [3.63, 3.8) is 0 Å². The number of alkyl halides is 3. The number of nitrogens with one attached hydrogen (secondary N) is 2. The van der Waals surface area contributed by atoms with Crippen molar-refractivity contribution in [3.05, 3.63) is 48.3 Å². The van der Waals surface area contributed by atoms with Crippen molar-refractivity contribution in [2.24, 2.45) is 0 Å². The van der Waals surface area contributed by atoms with E-state index in [1.54, 1.807) is 34.9 Å². The lowest BCUT2D eigenvalue weighted by Crippen LogP contribution is -2.29. The van der Waals surface area contributed by atoms with Gasteiger partial charge in [0.05, 0.1) is 23.6 Å². The van der Waals surface area contributed by atoms with Crippen LogP contribution in [0, 0.1) is 0 Å². The van der Waals surface area contributed by atoms with Gasteiger partial charge in [0.1, 0.15) is 17.6 Å². The van der Waals surface area contributed by atoms with Gasteiger partial charge in [-0.05, 0) is 24.3 Å². The number of rotatable bonds is 4. The van der Waals surface area contributed by atoms with E-state index in [-0.39, 0.29) is 11.6 Å². The predicted molar refractivity (Wildman–Crippen MR) is 88.6 cm³/mol. The smallest absolute Gasteiger partial charge is 0.265 e. The molecule has 4 rings (SSSR count). The first-order valence-electron chi connectivity index (χ1n) is 7.96. The summed E-state index contributed by atoms with van der Waals surface area (Å²) in [5.41, 5.74) is 1.65. The fraction of sp³-hybridized carbons (Fsp3) is 0.294. The Morgan fingerprint density at radius 2 is 2.08 bits per heavy atom. The van der Waals surface area contributed by atoms with E-state index >= 15 is 0 Å². The van der Waals surface area contributed by atoms with Gasteiger partial charge in [0.2, 0.25) is 0 Å². The Morgan fingerprint density at radius 1 is 1.20 bits per heavy atom. The van der Waals surface area contributed by atoms with E-state index < -0.39 is 12.6 Å². The Hall–Kier alpha value is -2.61. The maximum atomic E-state index is 13.7. The highest BCUT2D eigenvalue weighted by Crippen LogP contribution is 2.25. The van der Waals surface area contributed by atoms with Crippen LogP contribution in [0.4, 0.5) is 19.0 Å². The van der Waals surface area contributed by atoms with Crippen LogP contribution in [0.5, 0.6) is 0 Å². The van der Waals surface area contributed by atoms with Crippen LogP contribution in [0.3, 0.4) is 0 Å². The van der Waals surface area contributed by atoms with Crippen molar-refractivity contribution in [1.29, 1.82) is 0 Å².